The number of hydrogen-bond acceptors (Lipinski definition) is 4. The highest BCUT2D eigenvalue weighted by molar-refractivity contribution is 9.11. The van der Waals surface area contributed by atoms with Crippen molar-refractivity contribution in [3.8, 4) is 5.75 Å². The number of rotatable bonds is 7. The molecular formula is C13H14Br2O5S. The first-order valence-corrected chi connectivity index (χ1v) is 9.54. The Hall–Kier alpha value is -0.860. The quantitative estimate of drug-likeness (QED) is 0.519. The second-order valence-corrected chi connectivity index (χ2v) is 8.29. The van der Waals surface area contributed by atoms with Crippen molar-refractivity contribution >= 4 is 53.7 Å². The molecule has 116 valence electrons. The summed E-state index contributed by atoms with van der Waals surface area (Å²) in [5.41, 5.74) is 0.694. The summed E-state index contributed by atoms with van der Waals surface area (Å²) in [6.07, 6.45) is 4.09. The van der Waals surface area contributed by atoms with E-state index in [9.17, 15) is 13.2 Å². The molecule has 1 aromatic carbocycles. The van der Waals surface area contributed by atoms with Gasteiger partial charge in [0.2, 0.25) is 0 Å². The van der Waals surface area contributed by atoms with Gasteiger partial charge in [0.15, 0.2) is 0 Å². The standard InChI is InChI=1S/C13H14Br2O5S/c1-21(18,19)6-2-5-20-13-10(14)7-9(8-11(13)15)3-4-12(16)17/h3-4,7-8H,2,5-6H2,1H3,(H,16,17)/b4-3+. The van der Waals surface area contributed by atoms with E-state index in [1.165, 1.54) is 12.3 Å². The molecule has 0 aromatic heterocycles. The molecule has 0 aliphatic heterocycles. The lowest BCUT2D eigenvalue weighted by atomic mass is 10.2. The number of hydrogen-bond donors (Lipinski definition) is 1. The van der Waals surface area contributed by atoms with Gasteiger partial charge >= 0.3 is 5.97 Å². The molecule has 0 aliphatic rings. The Labute approximate surface area is 140 Å². The van der Waals surface area contributed by atoms with Gasteiger partial charge in [0, 0.05) is 12.3 Å². The van der Waals surface area contributed by atoms with Crippen molar-refractivity contribution in [2.75, 3.05) is 18.6 Å². The van der Waals surface area contributed by atoms with Crippen LogP contribution in [0.25, 0.3) is 6.08 Å². The molecule has 0 unspecified atom stereocenters. The molecule has 0 aliphatic carbocycles. The van der Waals surface area contributed by atoms with Gasteiger partial charge in [0.05, 0.1) is 21.3 Å². The lowest BCUT2D eigenvalue weighted by molar-refractivity contribution is -0.131. The molecule has 21 heavy (non-hydrogen) atoms. The highest BCUT2D eigenvalue weighted by atomic mass is 79.9. The highest BCUT2D eigenvalue weighted by Gasteiger charge is 2.09. The minimum absolute atomic E-state index is 0.0711. The van der Waals surface area contributed by atoms with Crippen LogP contribution in [0.15, 0.2) is 27.2 Å². The SMILES string of the molecule is CS(=O)(=O)CCCOc1c(Br)cc(/C=C/C(=O)O)cc1Br. The third-order valence-electron chi connectivity index (χ3n) is 2.34. The molecule has 0 bridgehead atoms. The van der Waals surface area contributed by atoms with Crippen LogP contribution in [-0.4, -0.2) is 38.1 Å². The van der Waals surface area contributed by atoms with Crippen molar-refractivity contribution in [3.63, 3.8) is 0 Å². The van der Waals surface area contributed by atoms with E-state index in [-0.39, 0.29) is 12.4 Å². The van der Waals surface area contributed by atoms with Gasteiger partial charge in [0.1, 0.15) is 15.6 Å². The zero-order chi connectivity index (χ0) is 16.0. The Morgan fingerprint density at radius 2 is 1.90 bits per heavy atom. The lowest BCUT2D eigenvalue weighted by Gasteiger charge is -2.11. The van der Waals surface area contributed by atoms with Gasteiger partial charge in [0.25, 0.3) is 0 Å². The van der Waals surface area contributed by atoms with Crippen LogP contribution in [0.1, 0.15) is 12.0 Å². The van der Waals surface area contributed by atoms with Crippen molar-refractivity contribution in [2.24, 2.45) is 0 Å². The second-order valence-electron chi connectivity index (χ2n) is 4.32. The fraction of sp³-hybridized carbons (Fsp3) is 0.308. The summed E-state index contributed by atoms with van der Waals surface area (Å²) < 4.78 is 28.9. The molecule has 0 atom stereocenters. The largest absolute Gasteiger partial charge is 0.491 e. The maximum absolute atomic E-state index is 11.0. The fourth-order valence-electron chi connectivity index (χ4n) is 1.48. The van der Waals surface area contributed by atoms with Crippen LogP contribution in [0.2, 0.25) is 0 Å². The van der Waals surface area contributed by atoms with E-state index in [0.29, 0.717) is 26.7 Å². The Morgan fingerprint density at radius 3 is 2.38 bits per heavy atom. The summed E-state index contributed by atoms with van der Waals surface area (Å²) in [6, 6.07) is 3.44. The van der Waals surface area contributed by atoms with E-state index in [4.69, 9.17) is 9.84 Å². The van der Waals surface area contributed by atoms with E-state index < -0.39 is 15.8 Å². The number of benzene rings is 1. The Balaban J connectivity index is 2.74. The molecule has 0 radical (unpaired) electrons. The van der Waals surface area contributed by atoms with Gasteiger partial charge in [-0.3, -0.25) is 0 Å². The molecule has 0 spiro atoms. The van der Waals surface area contributed by atoms with Crippen molar-refractivity contribution in [1.29, 1.82) is 0 Å². The average molecular weight is 442 g/mol. The van der Waals surface area contributed by atoms with E-state index in [1.54, 1.807) is 12.1 Å². The zero-order valence-corrected chi connectivity index (χ0v) is 15.2. The first-order chi connectivity index (χ1) is 9.69. The number of carboxylic acid groups (broad SMARTS) is 1. The predicted octanol–water partition coefficient (Wildman–Crippen LogP) is 3.12. The average Bonchev–Trinajstić information content (AvgIpc) is 2.33. The highest BCUT2D eigenvalue weighted by Crippen LogP contribution is 2.35. The number of halogens is 2. The van der Waals surface area contributed by atoms with Crippen LogP contribution in [0, 0.1) is 0 Å². The van der Waals surface area contributed by atoms with Crippen molar-refractivity contribution in [3.05, 3.63) is 32.7 Å². The van der Waals surface area contributed by atoms with Crippen molar-refractivity contribution in [1.82, 2.24) is 0 Å². The summed E-state index contributed by atoms with van der Waals surface area (Å²) >= 11 is 6.68. The van der Waals surface area contributed by atoms with Gasteiger partial charge < -0.3 is 9.84 Å². The Bertz CT molecular complexity index is 630. The fourth-order valence-corrected chi connectivity index (χ4v) is 3.57. The summed E-state index contributed by atoms with van der Waals surface area (Å²) in [6.45, 7) is 0.272. The summed E-state index contributed by atoms with van der Waals surface area (Å²) in [7, 11) is -2.99. The number of sulfone groups is 1. The number of aliphatic carboxylic acids is 1. The van der Waals surface area contributed by atoms with Crippen LogP contribution < -0.4 is 4.74 Å². The second kappa shape index (κ2) is 7.95. The minimum atomic E-state index is -2.99. The molecule has 1 N–H and O–H groups in total. The number of carbonyl (C=O) groups is 1. The molecule has 1 aromatic rings. The predicted molar refractivity (Wildman–Crippen MR) is 88.3 cm³/mol. The number of ether oxygens (including phenoxy) is 1. The maximum Gasteiger partial charge on any atom is 0.328 e. The van der Waals surface area contributed by atoms with Crippen LogP contribution in [0.5, 0.6) is 5.75 Å². The smallest absolute Gasteiger partial charge is 0.328 e. The van der Waals surface area contributed by atoms with Gasteiger partial charge in [-0.05, 0) is 62.1 Å². The maximum atomic E-state index is 11.0. The zero-order valence-electron chi connectivity index (χ0n) is 11.2. The lowest BCUT2D eigenvalue weighted by Crippen LogP contribution is -2.08. The van der Waals surface area contributed by atoms with Gasteiger partial charge in [-0.2, -0.15) is 0 Å². The monoisotopic (exact) mass is 440 g/mol. The van der Waals surface area contributed by atoms with E-state index in [2.05, 4.69) is 31.9 Å². The summed E-state index contributed by atoms with van der Waals surface area (Å²) in [5, 5.41) is 8.59. The molecule has 0 saturated heterocycles. The Morgan fingerprint density at radius 1 is 1.33 bits per heavy atom. The van der Waals surface area contributed by atoms with Gasteiger partial charge in [-0.15, -0.1) is 0 Å². The molecule has 0 fully saturated rings. The number of carboxylic acids is 1. The molecule has 0 amide bonds. The van der Waals surface area contributed by atoms with E-state index in [0.717, 1.165) is 6.08 Å². The topological polar surface area (TPSA) is 80.7 Å². The minimum Gasteiger partial charge on any atom is -0.491 e. The van der Waals surface area contributed by atoms with Gasteiger partial charge in [-0.25, -0.2) is 13.2 Å². The summed E-state index contributed by atoms with van der Waals surface area (Å²) in [5.74, 6) is -0.402. The van der Waals surface area contributed by atoms with Crippen LogP contribution in [-0.2, 0) is 14.6 Å². The van der Waals surface area contributed by atoms with Crippen molar-refractivity contribution in [2.45, 2.75) is 6.42 Å². The van der Waals surface area contributed by atoms with Crippen LogP contribution >= 0.6 is 31.9 Å². The molecule has 8 heteroatoms. The molecule has 0 saturated carbocycles. The van der Waals surface area contributed by atoms with Gasteiger partial charge in [-0.1, -0.05) is 0 Å². The van der Waals surface area contributed by atoms with Crippen LogP contribution in [0.4, 0.5) is 0 Å². The molecular weight excluding hydrogens is 428 g/mol. The first-order valence-electron chi connectivity index (χ1n) is 5.89. The normalized spacial score (nSPS) is 11.8. The van der Waals surface area contributed by atoms with E-state index >= 15 is 0 Å². The first kappa shape index (κ1) is 18.2. The molecule has 1 rings (SSSR count). The molecule has 0 heterocycles. The van der Waals surface area contributed by atoms with Crippen molar-refractivity contribution < 1.29 is 23.1 Å². The Kier molecular flexibility index (Phi) is 6.89. The third-order valence-corrected chi connectivity index (χ3v) is 4.55. The summed E-state index contributed by atoms with van der Waals surface area (Å²) in [4.78, 5) is 10.5. The van der Waals surface area contributed by atoms with E-state index in [1.807, 2.05) is 0 Å². The van der Waals surface area contributed by atoms with Crippen LogP contribution in [0.3, 0.4) is 0 Å². The third kappa shape index (κ3) is 7.10. The molecule has 5 nitrogen and oxygen atoms in total.